The van der Waals surface area contributed by atoms with Gasteiger partial charge in [-0.3, -0.25) is 0 Å². The Morgan fingerprint density at radius 1 is 1.23 bits per heavy atom. The standard InChI is InChI=1S/C9H15O3Si/c1-6-7(13(4)5)8(10)12-9(2,3)11-6/h1-5H3. The van der Waals surface area contributed by atoms with E-state index in [0.717, 1.165) is 11.0 Å². The van der Waals surface area contributed by atoms with Crippen molar-refractivity contribution in [2.24, 2.45) is 0 Å². The summed E-state index contributed by atoms with van der Waals surface area (Å²) >= 11 is 0. The molecule has 0 aromatic carbocycles. The van der Waals surface area contributed by atoms with Crippen LogP contribution in [0, 0.1) is 0 Å². The largest absolute Gasteiger partial charge is 0.457 e. The van der Waals surface area contributed by atoms with E-state index in [4.69, 9.17) is 9.47 Å². The van der Waals surface area contributed by atoms with Crippen molar-refractivity contribution in [1.82, 2.24) is 0 Å². The Balaban J connectivity index is 3.01. The van der Waals surface area contributed by atoms with E-state index in [9.17, 15) is 4.79 Å². The van der Waals surface area contributed by atoms with Crippen LogP contribution in [0.25, 0.3) is 0 Å². The van der Waals surface area contributed by atoms with Gasteiger partial charge in [-0.25, -0.2) is 4.79 Å². The molecule has 0 amide bonds. The van der Waals surface area contributed by atoms with E-state index < -0.39 is 14.6 Å². The molecule has 0 spiro atoms. The second-order valence-corrected chi connectivity index (χ2v) is 6.32. The Morgan fingerprint density at radius 2 is 1.77 bits per heavy atom. The van der Waals surface area contributed by atoms with E-state index in [1.807, 2.05) is 20.0 Å². The third-order valence-corrected chi connectivity index (χ3v) is 3.35. The van der Waals surface area contributed by atoms with Crippen LogP contribution in [0.5, 0.6) is 0 Å². The fraction of sp³-hybridized carbons (Fsp3) is 0.667. The average molecular weight is 199 g/mol. The van der Waals surface area contributed by atoms with E-state index in [2.05, 4.69) is 0 Å². The van der Waals surface area contributed by atoms with Gasteiger partial charge in [-0.2, -0.15) is 0 Å². The minimum Gasteiger partial charge on any atom is -0.457 e. The quantitative estimate of drug-likeness (QED) is 0.477. The van der Waals surface area contributed by atoms with Gasteiger partial charge < -0.3 is 9.47 Å². The lowest BCUT2D eigenvalue weighted by atomic mass is 10.3. The van der Waals surface area contributed by atoms with Gasteiger partial charge in [0.2, 0.25) is 5.79 Å². The van der Waals surface area contributed by atoms with E-state index in [0.29, 0.717) is 0 Å². The Kier molecular flexibility index (Phi) is 2.52. The molecule has 1 rings (SSSR count). The molecule has 0 aromatic rings. The van der Waals surface area contributed by atoms with Crippen LogP contribution < -0.4 is 0 Å². The minimum atomic E-state index is -0.804. The highest BCUT2D eigenvalue weighted by molar-refractivity contribution is 6.69. The highest BCUT2D eigenvalue weighted by Crippen LogP contribution is 2.27. The first-order valence-electron chi connectivity index (χ1n) is 4.27. The second kappa shape index (κ2) is 3.18. The van der Waals surface area contributed by atoms with Gasteiger partial charge in [-0.05, 0) is 6.92 Å². The zero-order valence-electron chi connectivity index (χ0n) is 8.72. The normalized spacial score (nSPS) is 21.5. The number of cyclic esters (lactones) is 1. The van der Waals surface area contributed by atoms with Gasteiger partial charge in [0.15, 0.2) is 0 Å². The van der Waals surface area contributed by atoms with Crippen molar-refractivity contribution in [2.45, 2.75) is 39.7 Å². The highest BCUT2D eigenvalue weighted by atomic mass is 28.3. The third-order valence-electron chi connectivity index (χ3n) is 1.79. The van der Waals surface area contributed by atoms with E-state index in [1.165, 1.54) is 0 Å². The summed E-state index contributed by atoms with van der Waals surface area (Å²) in [6.07, 6.45) is 0. The lowest BCUT2D eigenvalue weighted by Gasteiger charge is -2.33. The van der Waals surface area contributed by atoms with Gasteiger partial charge in [0.05, 0.1) is 14.0 Å². The predicted octanol–water partition coefficient (Wildman–Crippen LogP) is 1.86. The first-order chi connectivity index (χ1) is 5.83. The number of carbonyl (C=O) groups excluding carboxylic acids is 1. The number of hydrogen-bond acceptors (Lipinski definition) is 3. The average Bonchev–Trinajstić information content (AvgIpc) is 1.78. The molecule has 1 heterocycles. The Hall–Kier alpha value is -0.773. The van der Waals surface area contributed by atoms with E-state index in [-0.39, 0.29) is 5.97 Å². The minimum absolute atomic E-state index is 0.215. The molecule has 0 atom stereocenters. The van der Waals surface area contributed by atoms with Crippen molar-refractivity contribution in [3.63, 3.8) is 0 Å². The molecule has 0 saturated carbocycles. The number of ether oxygens (including phenoxy) is 2. The van der Waals surface area contributed by atoms with Crippen molar-refractivity contribution in [1.29, 1.82) is 0 Å². The third kappa shape index (κ3) is 2.12. The van der Waals surface area contributed by atoms with Gasteiger partial charge in [-0.15, -0.1) is 0 Å². The summed E-state index contributed by atoms with van der Waals surface area (Å²) in [5.41, 5.74) is 0. The maximum absolute atomic E-state index is 11.5. The summed E-state index contributed by atoms with van der Waals surface area (Å²) in [6.45, 7) is 9.40. The molecular weight excluding hydrogens is 184 g/mol. The van der Waals surface area contributed by atoms with Crippen molar-refractivity contribution in [2.75, 3.05) is 0 Å². The molecule has 1 radical (unpaired) electrons. The lowest BCUT2D eigenvalue weighted by molar-refractivity contribution is -0.205. The van der Waals surface area contributed by atoms with Gasteiger partial charge in [-0.1, -0.05) is 13.1 Å². The van der Waals surface area contributed by atoms with Crippen molar-refractivity contribution < 1.29 is 14.3 Å². The van der Waals surface area contributed by atoms with Crippen LogP contribution >= 0.6 is 0 Å². The van der Waals surface area contributed by atoms with Crippen molar-refractivity contribution in [3.05, 3.63) is 11.0 Å². The maximum Gasteiger partial charge on any atom is 0.336 e. The molecular formula is C9H15O3Si. The van der Waals surface area contributed by atoms with Gasteiger partial charge in [0.1, 0.15) is 5.76 Å². The number of rotatable bonds is 1. The van der Waals surface area contributed by atoms with Crippen molar-refractivity contribution >= 4 is 14.8 Å². The van der Waals surface area contributed by atoms with Crippen LogP contribution in [-0.2, 0) is 14.3 Å². The molecule has 1 aliphatic rings. The Morgan fingerprint density at radius 3 is 2.15 bits per heavy atom. The monoisotopic (exact) mass is 199 g/mol. The molecule has 1 aliphatic heterocycles. The summed E-state index contributed by atoms with van der Waals surface area (Å²) < 4.78 is 10.6. The molecule has 0 bridgehead atoms. The van der Waals surface area contributed by atoms with Crippen LogP contribution in [0.15, 0.2) is 11.0 Å². The smallest absolute Gasteiger partial charge is 0.336 e. The number of carbonyl (C=O) groups is 1. The second-order valence-electron chi connectivity index (χ2n) is 3.82. The molecule has 13 heavy (non-hydrogen) atoms. The van der Waals surface area contributed by atoms with Crippen molar-refractivity contribution in [3.8, 4) is 0 Å². The van der Waals surface area contributed by atoms with Crippen LogP contribution in [-0.4, -0.2) is 20.6 Å². The summed E-state index contributed by atoms with van der Waals surface area (Å²) in [4.78, 5) is 11.5. The molecule has 73 valence electrons. The SMILES string of the molecule is CC1=C([Si](C)C)C(=O)OC(C)(C)O1. The molecule has 0 N–H and O–H groups in total. The lowest BCUT2D eigenvalue weighted by Crippen LogP contribution is -2.39. The van der Waals surface area contributed by atoms with Gasteiger partial charge in [0.25, 0.3) is 0 Å². The molecule has 0 unspecified atom stereocenters. The molecule has 0 fully saturated rings. The zero-order valence-corrected chi connectivity index (χ0v) is 9.72. The number of allylic oxidation sites excluding steroid dienone is 1. The number of esters is 1. The highest BCUT2D eigenvalue weighted by Gasteiger charge is 2.35. The van der Waals surface area contributed by atoms with Gasteiger partial charge in [0, 0.05) is 13.8 Å². The fourth-order valence-electron chi connectivity index (χ4n) is 1.41. The van der Waals surface area contributed by atoms with Crippen LogP contribution in [0.1, 0.15) is 20.8 Å². The van der Waals surface area contributed by atoms with E-state index >= 15 is 0 Å². The first-order valence-corrected chi connectivity index (χ1v) is 6.77. The van der Waals surface area contributed by atoms with Crippen LogP contribution in [0.4, 0.5) is 0 Å². The fourth-order valence-corrected chi connectivity index (χ4v) is 2.63. The molecule has 3 nitrogen and oxygen atoms in total. The molecule has 4 heteroatoms. The Labute approximate surface area is 80.3 Å². The summed E-state index contributed by atoms with van der Waals surface area (Å²) in [6, 6.07) is 0. The van der Waals surface area contributed by atoms with Crippen LogP contribution in [0.2, 0.25) is 13.1 Å². The number of hydrogen-bond donors (Lipinski definition) is 0. The topological polar surface area (TPSA) is 35.5 Å². The Bertz CT molecular complexity index is 266. The summed E-state index contributed by atoms with van der Waals surface area (Å²) in [7, 11) is -0.802. The molecule has 0 aliphatic carbocycles. The molecule has 0 aromatic heterocycles. The predicted molar refractivity (Wildman–Crippen MR) is 51.4 cm³/mol. The van der Waals surface area contributed by atoms with E-state index in [1.54, 1.807) is 13.8 Å². The summed E-state index contributed by atoms with van der Waals surface area (Å²) in [5.74, 6) is -0.296. The maximum atomic E-state index is 11.5. The summed E-state index contributed by atoms with van der Waals surface area (Å²) in [5, 5.41) is 0.740. The first kappa shape index (κ1) is 10.3. The van der Waals surface area contributed by atoms with Gasteiger partial charge >= 0.3 is 5.97 Å². The zero-order chi connectivity index (χ0) is 10.2. The molecule has 0 saturated heterocycles. The van der Waals surface area contributed by atoms with Crippen LogP contribution in [0.3, 0.4) is 0 Å².